The first-order chi connectivity index (χ1) is 15.8. The van der Waals surface area contributed by atoms with E-state index in [9.17, 15) is 23.9 Å². The molecule has 2 aromatic rings. The first-order valence-electron chi connectivity index (χ1n) is 10.7. The highest BCUT2D eigenvalue weighted by atomic mass is 35.5. The van der Waals surface area contributed by atoms with Crippen LogP contribution in [0.1, 0.15) is 25.7 Å². The van der Waals surface area contributed by atoms with Crippen LogP contribution in [-0.4, -0.2) is 53.1 Å². The van der Waals surface area contributed by atoms with E-state index in [4.69, 9.17) is 11.6 Å². The maximum absolute atomic E-state index is 14.7. The van der Waals surface area contributed by atoms with Crippen molar-refractivity contribution in [1.82, 2.24) is 4.90 Å². The van der Waals surface area contributed by atoms with Crippen LogP contribution in [0, 0.1) is 5.82 Å². The summed E-state index contributed by atoms with van der Waals surface area (Å²) in [4.78, 5) is 40.4. The van der Waals surface area contributed by atoms with Crippen LogP contribution in [0.5, 0.6) is 0 Å². The Kier molecular flexibility index (Phi) is 6.80. The minimum Gasteiger partial charge on any atom is -0.391 e. The second-order valence-electron chi connectivity index (χ2n) is 8.15. The molecule has 33 heavy (non-hydrogen) atoms. The molecule has 0 unspecified atom stereocenters. The lowest BCUT2D eigenvalue weighted by atomic mass is 10.1. The predicted octanol–water partition coefficient (Wildman–Crippen LogP) is 3.60. The van der Waals surface area contributed by atoms with Gasteiger partial charge >= 0.3 is 6.03 Å². The van der Waals surface area contributed by atoms with Gasteiger partial charge in [0.05, 0.1) is 11.8 Å². The smallest absolute Gasteiger partial charge is 0.322 e. The molecule has 2 aliphatic rings. The third-order valence-electron chi connectivity index (χ3n) is 5.78. The van der Waals surface area contributed by atoms with Crippen molar-refractivity contribution in [2.75, 3.05) is 28.6 Å². The van der Waals surface area contributed by atoms with Gasteiger partial charge in [-0.05, 0) is 55.3 Å². The number of carbonyl (C=O) groups is 3. The number of rotatable bonds is 4. The van der Waals surface area contributed by atoms with Gasteiger partial charge in [0.2, 0.25) is 11.8 Å². The van der Waals surface area contributed by atoms with Gasteiger partial charge in [-0.2, -0.15) is 0 Å². The second kappa shape index (κ2) is 9.76. The SMILES string of the molecule is O=C(Nc1ccc(N2CCCCC2=O)cc1F)[C@H]1C[C@@H](O)CN1C(=O)Nc1ccc(Cl)cc1. The van der Waals surface area contributed by atoms with Gasteiger partial charge in [0, 0.05) is 42.3 Å². The summed E-state index contributed by atoms with van der Waals surface area (Å²) in [5.74, 6) is -1.35. The molecule has 8 nitrogen and oxygen atoms in total. The van der Waals surface area contributed by atoms with E-state index >= 15 is 0 Å². The summed E-state index contributed by atoms with van der Waals surface area (Å²) in [6.07, 6.45) is 1.25. The number of piperidine rings is 1. The number of halogens is 2. The summed E-state index contributed by atoms with van der Waals surface area (Å²) in [5.41, 5.74) is 0.863. The molecule has 2 fully saturated rings. The fraction of sp³-hybridized carbons (Fsp3) is 0.348. The molecule has 0 saturated carbocycles. The number of hydrogen-bond donors (Lipinski definition) is 3. The lowest BCUT2D eigenvalue weighted by molar-refractivity contribution is -0.120. The van der Waals surface area contributed by atoms with Crippen molar-refractivity contribution in [3.8, 4) is 0 Å². The maximum atomic E-state index is 14.7. The van der Waals surface area contributed by atoms with Crippen molar-refractivity contribution in [2.45, 2.75) is 37.8 Å². The number of amides is 4. The monoisotopic (exact) mass is 474 g/mol. The van der Waals surface area contributed by atoms with E-state index in [-0.39, 0.29) is 24.6 Å². The fourth-order valence-electron chi connectivity index (χ4n) is 4.08. The van der Waals surface area contributed by atoms with Crippen LogP contribution in [0.3, 0.4) is 0 Å². The van der Waals surface area contributed by atoms with E-state index in [1.54, 1.807) is 30.3 Å². The van der Waals surface area contributed by atoms with Gasteiger partial charge < -0.3 is 25.5 Å². The van der Waals surface area contributed by atoms with Crippen molar-refractivity contribution in [3.05, 3.63) is 53.3 Å². The van der Waals surface area contributed by atoms with Gasteiger partial charge in [0.15, 0.2) is 0 Å². The standard InChI is InChI=1S/C23H24ClFN4O4/c24-14-4-6-15(7-5-14)26-23(33)29-13-17(30)12-20(29)22(32)27-19-9-8-16(11-18(19)25)28-10-2-1-3-21(28)31/h4-9,11,17,20,30H,1-3,10,12-13H2,(H,26,33)(H,27,32)/t17-,20-/m1/s1. The van der Waals surface area contributed by atoms with Crippen molar-refractivity contribution in [1.29, 1.82) is 0 Å². The molecule has 0 spiro atoms. The van der Waals surface area contributed by atoms with Crippen LogP contribution in [0.15, 0.2) is 42.5 Å². The number of benzene rings is 2. The lowest BCUT2D eigenvalue weighted by Gasteiger charge is -2.27. The summed E-state index contributed by atoms with van der Waals surface area (Å²) < 4.78 is 14.7. The minimum atomic E-state index is -0.977. The molecule has 2 heterocycles. The van der Waals surface area contributed by atoms with Gasteiger partial charge in [0.25, 0.3) is 0 Å². The van der Waals surface area contributed by atoms with Crippen LogP contribution in [0.2, 0.25) is 5.02 Å². The largest absolute Gasteiger partial charge is 0.391 e. The number of anilines is 3. The van der Waals surface area contributed by atoms with Gasteiger partial charge in [-0.3, -0.25) is 9.59 Å². The zero-order valence-corrected chi connectivity index (χ0v) is 18.5. The van der Waals surface area contributed by atoms with Gasteiger partial charge in [-0.1, -0.05) is 11.6 Å². The van der Waals surface area contributed by atoms with Crippen LogP contribution in [-0.2, 0) is 9.59 Å². The van der Waals surface area contributed by atoms with Crippen LogP contribution >= 0.6 is 11.6 Å². The molecule has 0 aliphatic carbocycles. The molecule has 2 atom stereocenters. The zero-order chi connectivity index (χ0) is 23.5. The van der Waals surface area contributed by atoms with Gasteiger partial charge in [-0.15, -0.1) is 0 Å². The van der Waals surface area contributed by atoms with Crippen LogP contribution in [0.4, 0.5) is 26.2 Å². The zero-order valence-electron chi connectivity index (χ0n) is 17.8. The topological polar surface area (TPSA) is 102 Å². The lowest BCUT2D eigenvalue weighted by Crippen LogP contribution is -2.45. The molecule has 2 saturated heterocycles. The van der Waals surface area contributed by atoms with Crippen LogP contribution < -0.4 is 15.5 Å². The number of aliphatic hydroxyl groups is 1. The molecule has 2 aromatic carbocycles. The molecule has 4 amide bonds. The Morgan fingerprint density at radius 1 is 1.09 bits per heavy atom. The Hall–Kier alpha value is -3.17. The summed E-state index contributed by atoms with van der Waals surface area (Å²) >= 11 is 5.85. The number of urea groups is 1. The van der Waals surface area contributed by atoms with E-state index in [0.717, 1.165) is 12.8 Å². The third kappa shape index (κ3) is 5.26. The predicted molar refractivity (Wildman–Crippen MR) is 123 cm³/mol. The van der Waals surface area contributed by atoms with E-state index in [2.05, 4.69) is 10.6 Å². The fourth-order valence-corrected chi connectivity index (χ4v) is 4.21. The van der Waals surface area contributed by atoms with Gasteiger partial charge in [-0.25, -0.2) is 9.18 Å². The number of β-amino-alcohol motifs (C(OH)–C–C–N with tert-alkyl or cyclic N) is 1. The number of hydrogen-bond acceptors (Lipinski definition) is 4. The highest BCUT2D eigenvalue weighted by Gasteiger charge is 2.39. The number of likely N-dealkylation sites (tertiary alicyclic amines) is 1. The molecule has 10 heteroatoms. The van der Waals surface area contributed by atoms with Crippen molar-refractivity contribution in [3.63, 3.8) is 0 Å². The van der Waals surface area contributed by atoms with E-state index in [1.165, 1.54) is 21.9 Å². The Bertz CT molecular complexity index is 1060. The Morgan fingerprint density at radius 3 is 2.55 bits per heavy atom. The van der Waals surface area contributed by atoms with Gasteiger partial charge in [0.1, 0.15) is 11.9 Å². The number of nitrogens with one attached hydrogen (secondary N) is 2. The highest BCUT2D eigenvalue weighted by Crippen LogP contribution is 2.27. The van der Waals surface area contributed by atoms with E-state index < -0.39 is 29.9 Å². The molecule has 174 valence electrons. The van der Waals surface area contributed by atoms with E-state index in [1.807, 2.05) is 0 Å². The molecular weight excluding hydrogens is 451 g/mol. The second-order valence-corrected chi connectivity index (χ2v) is 8.59. The maximum Gasteiger partial charge on any atom is 0.322 e. The Morgan fingerprint density at radius 2 is 1.85 bits per heavy atom. The summed E-state index contributed by atoms with van der Waals surface area (Å²) in [7, 11) is 0. The average Bonchev–Trinajstić information content (AvgIpc) is 3.19. The number of nitrogens with zero attached hydrogens (tertiary/aromatic N) is 2. The number of carbonyl (C=O) groups excluding carboxylic acids is 3. The Labute approximate surface area is 195 Å². The van der Waals surface area contributed by atoms with Crippen molar-refractivity contribution in [2.24, 2.45) is 0 Å². The highest BCUT2D eigenvalue weighted by molar-refractivity contribution is 6.30. The molecule has 0 aromatic heterocycles. The Balaban J connectivity index is 1.44. The third-order valence-corrected chi connectivity index (χ3v) is 6.04. The quantitative estimate of drug-likeness (QED) is 0.630. The molecule has 2 aliphatic heterocycles. The molecule has 4 rings (SSSR count). The summed E-state index contributed by atoms with van der Waals surface area (Å²) in [5, 5.41) is 15.7. The van der Waals surface area contributed by atoms with Crippen LogP contribution in [0.25, 0.3) is 0 Å². The first-order valence-corrected chi connectivity index (χ1v) is 11.1. The van der Waals surface area contributed by atoms with Crippen molar-refractivity contribution >= 4 is 46.5 Å². The van der Waals surface area contributed by atoms with E-state index in [0.29, 0.717) is 29.4 Å². The van der Waals surface area contributed by atoms with Crippen molar-refractivity contribution < 1.29 is 23.9 Å². The average molecular weight is 475 g/mol. The molecule has 3 N–H and O–H groups in total. The first kappa shape index (κ1) is 23.0. The molecular formula is C23H24ClFN4O4. The molecule has 0 radical (unpaired) electrons. The summed E-state index contributed by atoms with van der Waals surface area (Å²) in [6, 6.07) is 9.12. The molecule has 0 bridgehead atoms. The summed E-state index contributed by atoms with van der Waals surface area (Å²) in [6.45, 7) is 0.498. The number of aliphatic hydroxyl groups excluding tert-OH is 1. The minimum absolute atomic E-state index is 0.0296. The normalized spacial score (nSPS) is 20.6.